The molecule has 25 heavy (non-hydrogen) atoms. The normalized spacial score (nSPS) is 15.6. The Morgan fingerprint density at radius 3 is 2.60 bits per heavy atom. The summed E-state index contributed by atoms with van der Waals surface area (Å²) < 4.78 is 5.77. The number of hydrogen-bond acceptors (Lipinski definition) is 3. The molecule has 0 spiro atoms. The van der Waals surface area contributed by atoms with E-state index in [2.05, 4.69) is 55.6 Å². The van der Waals surface area contributed by atoms with Gasteiger partial charge in [-0.05, 0) is 67.0 Å². The molecule has 0 amide bonds. The summed E-state index contributed by atoms with van der Waals surface area (Å²) in [5.74, 6) is 0.864. The molecule has 2 N–H and O–H groups in total. The molecular weight excluding hydrogens is 310 g/mol. The summed E-state index contributed by atoms with van der Waals surface area (Å²) in [4.78, 5) is 0. The minimum absolute atomic E-state index is 0.209. The Morgan fingerprint density at radius 2 is 1.84 bits per heavy atom. The molecule has 2 aromatic rings. The smallest absolute Gasteiger partial charge is 0.119 e. The van der Waals surface area contributed by atoms with Crippen LogP contribution in [0.4, 0.5) is 0 Å². The van der Waals surface area contributed by atoms with Crippen molar-refractivity contribution in [3.05, 3.63) is 64.7 Å². The summed E-state index contributed by atoms with van der Waals surface area (Å²) in [5.41, 5.74) is 5.43. The summed E-state index contributed by atoms with van der Waals surface area (Å²) in [6.45, 7) is 5.11. The Morgan fingerprint density at radius 1 is 1.08 bits per heavy atom. The molecule has 0 aromatic heterocycles. The van der Waals surface area contributed by atoms with Crippen molar-refractivity contribution in [2.75, 3.05) is 13.2 Å². The van der Waals surface area contributed by atoms with E-state index in [-0.39, 0.29) is 6.04 Å². The number of rotatable bonds is 8. The second-order valence-electron chi connectivity index (χ2n) is 6.97. The number of fused-ring (bicyclic) bond motifs is 1. The van der Waals surface area contributed by atoms with Gasteiger partial charge < -0.3 is 15.2 Å². The summed E-state index contributed by atoms with van der Waals surface area (Å²) in [7, 11) is 0. The largest absolute Gasteiger partial charge is 0.491 e. The lowest BCUT2D eigenvalue weighted by atomic mass is 10.0. The average molecular weight is 339 g/mol. The van der Waals surface area contributed by atoms with Crippen LogP contribution in [0.15, 0.2) is 42.5 Å². The van der Waals surface area contributed by atoms with Crippen LogP contribution in [0.25, 0.3) is 0 Å². The molecule has 134 valence electrons. The maximum atomic E-state index is 10.2. The summed E-state index contributed by atoms with van der Waals surface area (Å²) in [6, 6.07) is 15.2. The van der Waals surface area contributed by atoms with Gasteiger partial charge in [0.05, 0.1) is 0 Å². The molecule has 1 aliphatic carbocycles. The van der Waals surface area contributed by atoms with E-state index >= 15 is 0 Å². The lowest BCUT2D eigenvalue weighted by molar-refractivity contribution is 0.104. The van der Waals surface area contributed by atoms with Gasteiger partial charge in [0.1, 0.15) is 18.5 Å². The highest BCUT2D eigenvalue weighted by atomic mass is 16.5. The van der Waals surface area contributed by atoms with Crippen molar-refractivity contribution in [3.8, 4) is 5.75 Å². The van der Waals surface area contributed by atoms with Gasteiger partial charge in [0.2, 0.25) is 0 Å². The van der Waals surface area contributed by atoms with E-state index in [0.717, 1.165) is 18.6 Å². The number of nitrogens with one attached hydrogen (secondary N) is 1. The van der Waals surface area contributed by atoms with Crippen LogP contribution in [0.5, 0.6) is 5.75 Å². The van der Waals surface area contributed by atoms with Crippen molar-refractivity contribution in [1.82, 2.24) is 5.32 Å². The topological polar surface area (TPSA) is 41.5 Å². The van der Waals surface area contributed by atoms with Crippen molar-refractivity contribution in [1.29, 1.82) is 0 Å². The van der Waals surface area contributed by atoms with Gasteiger partial charge in [-0.15, -0.1) is 0 Å². The summed E-state index contributed by atoms with van der Waals surface area (Å²) in [6.07, 6.45) is 4.10. The second-order valence-corrected chi connectivity index (χ2v) is 6.97. The van der Waals surface area contributed by atoms with Gasteiger partial charge in [0.25, 0.3) is 0 Å². The van der Waals surface area contributed by atoms with Gasteiger partial charge in [-0.25, -0.2) is 0 Å². The summed E-state index contributed by atoms with van der Waals surface area (Å²) in [5, 5.41) is 13.6. The van der Waals surface area contributed by atoms with Crippen molar-refractivity contribution >= 4 is 0 Å². The minimum atomic E-state index is -0.523. The lowest BCUT2D eigenvalue weighted by Crippen LogP contribution is -2.33. The van der Waals surface area contributed by atoms with Crippen LogP contribution in [0, 0.1) is 0 Å². The molecule has 3 rings (SSSR count). The zero-order chi connectivity index (χ0) is 17.6. The standard InChI is InChI=1S/C22H29NO2/c1-3-17-7-9-18(10-8-17)16(2)23-14-21(24)15-25-22-12-11-19-5-4-6-20(19)13-22/h7-13,16,21,23-24H,3-6,14-15H2,1-2H3. The van der Waals surface area contributed by atoms with Crippen LogP contribution in [-0.2, 0) is 19.3 Å². The zero-order valence-electron chi connectivity index (χ0n) is 15.3. The van der Waals surface area contributed by atoms with Gasteiger partial charge in [-0.3, -0.25) is 0 Å². The Balaban J connectivity index is 1.43. The van der Waals surface area contributed by atoms with Gasteiger partial charge in [0.15, 0.2) is 0 Å². The van der Waals surface area contributed by atoms with E-state index in [9.17, 15) is 5.11 Å². The number of ether oxygens (including phenoxy) is 1. The SMILES string of the molecule is CCc1ccc(C(C)NCC(O)COc2ccc3c(c2)CCC3)cc1. The molecule has 0 bridgehead atoms. The van der Waals surface area contributed by atoms with Gasteiger partial charge in [-0.2, -0.15) is 0 Å². The van der Waals surface area contributed by atoms with Gasteiger partial charge in [-0.1, -0.05) is 37.3 Å². The monoisotopic (exact) mass is 339 g/mol. The average Bonchev–Trinajstić information content (AvgIpc) is 3.12. The molecule has 2 atom stereocenters. The van der Waals surface area contributed by atoms with Gasteiger partial charge in [0, 0.05) is 12.6 Å². The van der Waals surface area contributed by atoms with E-state index < -0.39 is 6.10 Å². The predicted molar refractivity (Wildman–Crippen MR) is 102 cm³/mol. The Kier molecular flexibility index (Phi) is 6.11. The van der Waals surface area contributed by atoms with Crippen LogP contribution < -0.4 is 10.1 Å². The Bertz CT molecular complexity index is 681. The highest BCUT2D eigenvalue weighted by Gasteiger charge is 2.13. The van der Waals surface area contributed by atoms with Crippen LogP contribution >= 0.6 is 0 Å². The van der Waals surface area contributed by atoms with Crippen molar-refractivity contribution < 1.29 is 9.84 Å². The van der Waals surface area contributed by atoms with Crippen LogP contribution in [-0.4, -0.2) is 24.4 Å². The maximum absolute atomic E-state index is 10.2. The van der Waals surface area contributed by atoms with E-state index in [1.54, 1.807) is 0 Å². The van der Waals surface area contributed by atoms with Crippen molar-refractivity contribution in [2.24, 2.45) is 0 Å². The van der Waals surface area contributed by atoms with E-state index in [0.29, 0.717) is 13.2 Å². The number of hydrogen-bond donors (Lipinski definition) is 2. The fraction of sp³-hybridized carbons (Fsp3) is 0.455. The first-order valence-electron chi connectivity index (χ1n) is 9.40. The molecule has 0 fully saturated rings. The third kappa shape index (κ3) is 4.83. The molecule has 0 heterocycles. The zero-order valence-corrected chi connectivity index (χ0v) is 15.3. The number of benzene rings is 2. The molecule has 0 radical (unpaired) electrons. The molecule has 0 saturated carbocycles. The fourth-order valence-electron chi connectivity index (χ4n) is 3.36. The van der Waals surface area contributed by atoms with Crippen LogP contribution in [0.3, 0.4) is 0 Å². The number of aliphatic hydroxyl groups excluding tert-OH is 1. The molecule has 2 aromatic carbocycles. The van der Waals surface area contributed by atoms with Gasteiger partial charge >= 0.3 is 0 Å². The van der Waals surface area contributed by atoms with E-state index in [1.165, 1.54) is 35.1 Å². The third-order valence-corrected chi connectivity index (χ3v) is 5.06. The molecule has 3 nitrogen and oxygen atoms in total. The molecule has 0 aliphatic heterocycles. The van der Waals surface area contributed by atoms with Crippen molar-refractivity contribution in [3.63, 3.8) is 0 Å². The van der Waals surface area contributed by atoms with Crippen LogP contribution in [0.2, 0.25) is 0 Å². The highest BCUT2D eigenvalue weighted by molar-refractivity contribution is 5.38. The highest BCUT2D eigenvalue weighted by Crippen LogP contribution is 2.26. The third-order valence-electron chi connectivity index (χ3n) is 5.06. The first-order chi connectivity index (χ1) is 12.2. The van der Waals surface area contributed by atoms with Crippen molar-refractivity contribution in [2.45, 2.75) is 51.7 Å². The molecule has 3 heteroatoms. The van der Waals surface area contributed by atoms with E-state index in [1.807, 2.05) is 6.07 Å². The lowest BCUT2D eigenvalue weighted by Gasteiger charge is -2.18. The first-order valence-corrected chi connectivity index (χ1v) is 9.40. The summed E-state index contributed by atoms with van der Waals surface area (Å²) >= 11 is 0. The number of aliphatic hydroxyl groups is 1. The molecule has 0 saturated heterocycles. The first kappa shape index (κ1) is 18.0. The predicted octanol–water partition coefficient (Wildman–Crippen LogP) is 3.83. The Hall–Kier alpha value is -1.84. The Labute approximate surface area is 151 Å². The maximum Gasteiger partial charge on any atom is 0.119 e. The number of aryl methyl sites for hydroxylation is 3. The van der Waals surface area contributed by atoms with E-state index in [4.69, 9.17) is 4.74 Å². The molecular formula is C22H29NO2. The quantitative estimate of drug-likeness (QED) is 0.768. The molecule has 2 unspecified atom stereocenters. The second kappa shape index (κ2) is 8.50. The minimum Gasteiger partial charge on any atom is -0.491 e. The molecule has 1 aliphatic rings. The van der Waals surface area contributed by atoms with Crippen LogP contribution in [0.1, 0.15) is 48.6 Å². The fourth-order valence-corrected chi connectivity index (χ4v) is 3.36.